The molecule has 0 bridgehead atoms. The summed E-state index contributed by atoms with van der Waals surface area (Å²) in [7, 11) is 0. The van der Waals surface area contributed by atoms with Crippen molar-refractivity contribution in [3.8, 4) is 11.3 Å². The zero-order chi connectivity index (χ0) is 29.5. The van der Waals surface area contributed by atoms with Crippen LogP contribution in [0.15, 0.2) is 89.4 Å². The minimum Gasteiger partial charge on any atom is -0.454 e. The molecule has 2 amide bonds. The SMILES string of the molecule is CC1C=CCC2C(=O)N(c3ccc(-c4cc(C(=O)OCC(=O)c5ccc(Cl)cc5)c5cc(Br)ccc5n4)cc3)C(=O)C12. The number of hydrogen-bond acceptors (Lipinski definition) is 6. The highest BCUT2D eigenvalue weighted by Crippen LogP contribution is 2.41. The molecule has 1 aromatic heterocycles. The fourth-order valence-corrected chi connectivity index (χ4v) is 6.11. The van der Waals surface area contributed by atoms with Gasteiger partial charge in [0, 0.05) is 26.0 Å². The van der Waals surface area contributed by atoms with Crippen LogP contribution >= 0.6 is 27.5 Å². The van der Waals surface area contributed by atoms with E-state index in [0.717, 1.165) is 4.47 Å². The number of fused-ring (bicyclic) bond motifs is 2. The van der Waals surface area contributed by atoms with E-state index in [1.54, 1.807) is 66.7 Å². The standard InChI is InChI=1S/C33H24BrClN2O5/c1-18-3-2-4-24-30(18)32(40)37(31(24)39)23-12-7-19(8-13-23)28-16-26(25-15-21(34)9-14-27(25)36-28)33(41)42-17-29(38)20-5-10-22(35)11-6-20/h2-3,5-16,18,24,30H,4,17H2,1H3. The Morgan fingerprint density at radius 2 is 1.74 bits per heavy atom. The predicted molar refractivity (Wildman–Crippen MR) is 163 cm³/mol. The second-order valence-electron chi connectivity index (χ2n) is 10.4. The third-order valence-electron chi connectivity index (χ3n) is 7.79. The number of aromatic nitrogens is 1. The summed E-state index contributed by atoms with van der Waals surface area (Å²) in [5.41, 5.74) is 2.88. The van der Waals surface area contributed by atoms with Gasteiger partial charge in [-0.15, -0.1) is 0 Å². The van der Waals surface area contributed by atoms with Crippen LogP contribution in [0.3, 0.4) is 0 Å². The maximum absolute atomic E-state index is 13.3. The largest absolute Gasteiger partial charge is 0.454 e. The number of carbonyl (C=O) groups excluding carboxylic acids is 4. The van der Waals surface area contributed by atoms with Crippen molar-refractivity contribution < 1.29 is 23.9 Å². The van der Waals surface area contributed by atoms with Gasteiger partial charge in [-0.1, -0.05) is 58.7 Å². The molecular formula is C33H24BrClN2O5. The molecule has 1 saturated heterocycles. The van der Waals surface area contributed by atoms with Gasteiger partial charge in [0.25, 0.3) is 0 Å². The first-order valence-electron chi connectivity index (χ1n) is 13.4. The van der Waals surface area contributed by atoms with Crippen molar-refractivity contribution in [2.24, 2.45) is 17.8 Å². The zero-order valence-electron chi connectivity index (χ0n) is 22.4. The number of Topliss-reactive ketones (excluding diaryl/α,β-unsaturated/α-hetero) is 1. The summed E-state index contributed by atoms with van der Waals surface area (Å²) in [6.45, 7) is 1.53. The Labute approximate surface area is 255 Å². The normalized spacial score (nSPS) is 19.7. The Morgan fingerprint density at radius 3 is 2.45 bits per heavy atom. The first kappa shape index (κ1) is 28.0. The number of anilines is 1. The van der Waals surface area contributed by atoms with E-state index in [1.807, 2.05) is 25.1 Å². The molecule has 1 aliphatic carbocycles. The maximum Gasteiger partial charge on any atom is 0.339 e. The molecule has 4 aromatic rings. The molecule has 210 valence electrons. The molecule has 2 aliphatic rings. The Kier molecular flexibility index (Phi) is 7.51. The van der Waals surface area contributed by atoms with E-state index in [2.05, 4.69) is 15.9 Å². The van der Waals surface area contributed by atoms with Gasteiger partial charge in [-0.25, -0.2) is 9.78 Å². The van der Waals surface area contributed by atoms with E-state index in [-0.39, 0.29) is 40.9 Å². The minimum absolute atomic E-state index is 0.00553. The van der Waals surface area contributed by atoms with Crippen LogP contribution in [-0.2, 0) is 14.3 Å². The van der Waals surface area contributed by atoms with Gasteiger partial charge in [0.15, 0.2) is 12.4 Å². The fraction of sp³-hybridized carbons (Fsp3) is 0.182. The van der Waals surface area contributed by atoms with Crippen molar-refractivity contribution >= 4 is 67.7 Å². The van der Waals surface area contributed by atoms with Gasteiger partial charge in [-0.3, -0.25) is 19.3 Å². The average Bonchev–Trinajstić information content (AvgIpc) is 3.25. The predicted octanol–water partition coefficient (Wildman–Crippen LogP) is 7.06. The topological polar surface area (TPSA) is 93.6 Å². The Balaban J connectivity index is 1.28. The van der Waals surface area contributed by atoms with Gasteiger partial charge in [-0.2, -0.15) is 0 Å². The molecule has 7 nitrogen and oxygen atoms in total. The summed E-state index contributed by atoms with van der Waals surface area (Å²) in [6, 6.07) is 20.3. The highest BCUT2D eigenvalue weighted by Gasteiger charge is 2.50. The van der Waals surface area contributed by atoms with E-state index in [9.17, 15) is 19.2 Å². The van der Waals surface area contributed by atoms with Gasteiger partial charge in [0.05, 0.1) is 34.3 Å². The molecule has 6 rings (SSSR count). The molecule has 0 spiro atoms. The van der Waals surface area contributed by atoms with Crippen LogP contribution in [0, 0.1) is 17.8 Å². The van der Waals surface area contributed by atoms with Gasteiger partial charge in [-0.05, 0) is 73.0 Å². The molecule has 0 saturated carbocycles. The summed E-state index contributed by atoms with van der Waals surface area (Å²) >= 11 is 9.35. The fourth-order valence-electron chi connectivity index (χ4n) is 5.63. The maximum atomic E-state index is 13.3. The summed E-state index contributed by atoms with van der Waals surface area (Å²) in [5, 5.41) is 1.06. The highest BCUT2D eigenvalue weighted by molar-refractivity contribution is 9.10. The molecule has 0 radical (unpaired) electrons. The lowest BCUT2D eigenvalue weighted by Gasteiger charge is -2.22. The summed E-state index contributed by atoms with van der Waals surface area (Å²) in [6.07, 6.45) is 4.54. The summed E-state index contributed by atoms with van der Waals surface area (Å²) in [5.74, 6) is -2.05. The van der Waals surface area contributed by atoms with E-state index in [1.165, 1.54) is 4.90 Å². The van der Waals surface area contributed by atoms with Crippen molar-refractivity contribution in [3.05, 3.63) is 106 Å². The van der Waals surface area contributed by atoms with Crippen molar-refractivity contribution in [2.45, 2.75) is 13.3 Å². The molecular weight excluding hydrogens is 620 g/mol. The molecule has 1 fully saturated rings. The first-order valence-corrected chi connectivity index (χ1v) is 14.6. The second-order valence-corrected chi connectivity index (χ2v) is 11.8. The quantitative estimate of drug-likeness (QED) is 0.0967. The number of pyridine rings is 1. The molecule has 3 atom stereocenters. The van der Waals surface area contributed by atoms with Crippen molar-refractivity contribution in [3.63, 3.8) is 0 Å². The lowest BCUT2D eigenvalue weighted by Crippen LogP contribution is -2.31. The van der Waals surface area contributed by atoms with Crippen LogP contribution in [0.2, 0.25) is 5.02 Å². The molecule has 9 heteroatoms. The molecule has 0 N–H and O–H groups in total. The van der Waals surface area contributed by atoms with E-state index < -0.39 is 12.6 Å². The molecule has 1 aliphatic heterocycles. The number of amides is 2. The van der Waals surface area contributed by atoms with Crippen LogP contribution in [0.5, 0.6) is 0 Å². The average molecular weight is 644 g/mol. The molecule has 2 heterocycles. The summed E-state index contributed by atoms with van der Waals surface area (Å²) in [4.78, 5) is 58.2. The lowest BCUT2D eigenvalue weighted by molar-refractivity contribution is -0.122. The Morgan fingerprint density at radius 1 is 1.00 bits per heavy atom. The van der Waals surface area contributed by atoms with Crippen LogP contribution < -0.4 is 4.90 Å². The second kappa shape index (κ2) is 11.3. The van der Waals surface area contributed by atoms with Crippen LogP contribution in [0.25, 0.3) is 22.2 Å². The van der Waals surface area contributed by atoms with Crippen molar-refractivity contribution in [1.82, 2.24) is 4.98 Å². The van der Waals surface area contributed by atoms with Crippen molar-refractivity contribution in [2.75, 3.05) is 11.5 Å². The number of ether oxygens (including phenoxy) is 1. The van der Waals surface area contributed by atoms with Gasteiger partial charge < -0.3 is 4.74 Å². The summed E-state index contributed by atoms with van der Waals surface area (Å²) < 4.78 is 6.18. The van der Waals surface area contributed by atoms with Crippen LogP contribution in [0.1, 0.15) is 34.1 Å². The third-order valence-corrected chi connectivity index (χ3v) is 8.53. The van der Waals surface area contributed by atoms with E-state index in [4.69, 9.17) is 21.3 Å². The first-order chi connectivity index (χ1) is 20.2. The van der Waals surface area contributed by atoms with Crippen LogP contribution in [0.4, 0.5) is 5.69 Å². The van der Waals surface area contributed by atoms with E-state index in [0.29, 0.717) is 44.9 Å². The number of nitrogens with zero attached hydrogens (tertiary/aromatic N) is 2. The molecule has 42 heavy (non-hydrogen) atoms. The third kappa shape index (κ3) is 5.16. The Bertz CT molecular complexity index is 1790. The number of carbonyl (C=O) groups is 4. The molecule has 3 aromatic carbocycles. The van der Waals surface area contributed by atoms with Gasteiger partial charge >= 0.3 is 5.97 Å². The number of ketones is 1. The number of hydrogen-bond donors (Lipinski definition) is 0. The Hall–Kier alpha value is -4.14. The number of rotatable bonds is 6. The molecule has 3 unspecified atom stereocenters. The number of imide groups is 1. The zero-order valence-corrected chi connectivity index (χ0v) is 24.8. The number of allylic oxidation sites excluding steroid dienone is 2. The number of benzene rings is 3. The van der Waals surface area contributed by atoms with Gasteiger partial charge in [0.1, 0.15) is 0 Å². The van der Waals surface area contributed by atoms with Crippen LogP contribution in [-0.4, -0.2) is 35.2 Å². The monoisotopic (exact) mass is 642 g/mol. The lowest BCUT2D eigenvalue weighted by atomic mass is 9.78. The smallest absolute Gasteiger partial charge is 0.339 e. The van der Waals surface area contributed by atoms with Crippen molar-refractivity contribution in [1.29, 1.82) is 0 Å². The minimum atomic E-state index is -0.667. The number of halogens is 2. The van der Waals surface area contributed by atoms with Gasteiger partial charge in [0.2, 0.25) is 11.8 Å². The number of esters is 1. The highest BCUT2D eigenvalue weighted by atomic mass is 79.9. The van der Waals surface area contributed by atoms with E-state index >= 15 is 0 Å².